The van der Waals surface area contributed by atoms with E-state index in [1.165, 1.54) is 0 Å². The summed E-state index contributed by atoms with van der Waals surface area (Å²) in [5, 5.41) is 7.64. The lowest BCUT2D eigenvalue weighted by Crippen LogP contribution is -2.26. The monoisotopic (exact) mass is 167 g/mol. The highest BCUT2D eigenvalue weighted by Gasteiger charge is 2.12. The Morgan fingerprint density at radius 2 is 2.00 bits per heavy atom. The molecule has 1 aromatic rings. The number of rotatable bonds is 1. The van der Waals surface area contributed by atoms with Crippen LogP contribution in [-0.4, -0.2) is 15.3 Å². The highest BCUT2D eigenvalue weighted by atomic mass is 15.3. The fourth-order valence-corrected chi connectivity index (χ4v) is 1.13. The largest absolute Gasteiger partial charge is 0.378 e. The van der Waals surface area contributed by atoms with Crippen molar-refractivity contribution in [3.63, 3.8) is 0 Å². The Bertz CT molecular complexity index is 268. The van der Waals surface area contributed by atoms with Crippen LogP contribution in [0.2, 0.25) is 0 Å². The summed E-state index contributed by atoms with van der Waals surface area (Å²) in [4.78, 5) is 0. The Morgan fingerprint density at radius 3 is 2.33 bits per heavy atom. The van der Waals surface area contributed by atoms with Crippen LogP contribution in [0.5, 0.6) is 0 Å². The van der Waals surface area contributed by atoms with Gasteiger partial charge in [0.15, 0.2) is 0 Å². The second-order valence-corrected chi connectivity index (χ2v) is 4.18. The first-order valence-corrected chi connectivity index (χ1v) is 4.17. The van der Waals surface area contributed by atoms with Crippen LogP contribution in [0.25, 0.3) is 0 Å². The molecule has 12 heavy (non-hydrogen) atoms. The van der Waals surface area contributed by atoms with Gasteiger partial charge in [-0.05, 0) is 27.7 Å². The minimum absolute atomic E-state index is 0.105. The van der Waals surface area contributed by atoms with Gasteiger partial charge in [-0.25, -0.2) is 0 Å². The first kappa shape index (κ1) is 9.10. The molecule has 1 N–H and O–H groups in total. The zero-order valence-corrected chi connectivity index (χ0v) is 8.47. The molecule has 0 amide bonds. The maximum Gasteiger partial charge on any atom is 0.0825 e. The number of hydrogen-bond acceptors (Lipinski definition) is 2. The molecule has 0 saturated heterocycles. The Labute approximate surface area is 73.8 Å². The van der Waals surface area contributed by atoms with Crippen molar-refractivity contribution in [1.29, 1.82) is 0 Å². The van der Waals surface area contributed by atoms with E-state index in [1.54, 1.807) is 0 Å². The van der Waals surface area contributed by atoms with Gasteiger partial charge in [-0.3, -0.25) is 4.68 Å². The zero-order valence-electron chi connectivity index (χ0n) is 8.47. The number of aromatic nitrogens is 2. The molecule has 0 radical (unpaired) electrons. The summed E-state index contributed by atoms with van der Waals surface area (Å²) in [5.74, 6) is 0. The SMILES string of the molecule is Cc1nn(C)cc1NC(C)(C)C. The van der Waals surface area contributed by atoms with E-state index in [9.17, 15) is 0 Å². The molecule has 3 nitrogen and oxygen atoms in total. The Balaban J connectivity index is 2.82. The summed E-state index contributed by atoms with van der Waals surface area (Å²) in [6, 6.07) is 0. The predicted octanol–water partition coefficient (Wildman–Crippen LogP) is 1.94. The zero-order chi connectivity index (χ0) is 9.35. The molecule has 1 rings (SSSR count). The van der Waals surface area contributed by atoms with Gasteiger partial charge in [-0.15, -0.1) is 0 Å². The number of anilines is 1. The van der Waals surface area contributed by atoms with Gasteiger partial charge in [0.1, 0.15) is 0 Å². The fourth-order valence-electron chi connectivity index (χ4n) is 1.13. The number of nitrogens with zero attached hydrogens (tertiary/aromatic N) is 2. The lowest BCUT2D eigenvalue weighted by molar-refractivity contribution is 0.633. The molecule has 0 aliphatic rings. The third-order valence-corrected chi connectivity index (χ3v) is 1.52. The van der Waals surface area contributed by atoms with Crippen LogP contribution >= 0.6 is 0 Å². The van der Waals surface area contributed by atoms with Gasteiger partial charge in [-0.1, -0.05) is 0 Å². The maximum absolute atomic E-state index is 4.25. The maximum atomic E-state index is 4.25. The van der Waals surface area contributed by atoms with E-state index < -0.39 is 0 Å². The van der Waals surface area contributed by atoms with Crippen LogP contribution in [0.4, 0.5) is 5.69 Å². The molecule has 0 bridgehead atoms. The van der Waals surface area contributed by atoms with E-state index in [2.05, 4.69) is 31.2 Å². The van der Waals surface area contributed by atoms with Crippen molar-refractivity contribution in [3.8, 4) is 0 Å². The van der Waals surface area contributed by atoms with E-state index in [-0.39, 0.29) is 5.54 Å². The molecule has 0 aromatic carbocycles. The highest BCUT2D eigenvalue weighted by Crippen LogP contribution is 2.16. The average molecular weight is 167 g/mol. The summed E-state index contributed by atoms with van der Waals surface area (Å²) < 4.78 is 1.82. The summed E-state index contributed by atoms with van der Waals surface area (Å²) in [5.41, 5.74) is 2.27. The van der Waals surface area contributed by atoms with Gasteiger partial charge >= 0.3 is 0 Å². The van der Waals surface area contributed by atoms with Crippen molar-refractivity contribution in [2.45, 2.75) is 33.2 Å². The van der Waals surface area contributed by atoms with Gasteiger partial charge < -0.3 is 5.32 Å². The van der Waals surface area contributed by atoms with Gasteiger partial charge in [0.05, 0.1) is 11.4 Å². The van der Waals surface area contributed by atoms with E-state index in [0.29, 0.717) is 0 Å². The molecular formula is C9H17N3. The Hall–Kier alpha value is -0.990. The Kier molecular flexibility index (Phi) is 2.13. The van der Waals surface area contributed by atoms with Gasteiger partial charge in [0.25, 0.3) is 0 Å². The first-order valence-electron chi connectivity index (χ1n) is 4.17. The predicted molar refractivity (Wildman–Crippen MR) is 51.3 cm³/mol. The van der Waals surface area contributed by atoms with E-state index >= 15 is 0 Å². The smallest absolute Gasteiger partial charge is 0.0825 e. The minimum atomic E-state index is 0.105. The van der Waals surface area contributed by atoms with Gasteiger partial charge in [-0.2, -0.15) is 5.10 Å². The van der Waals surface area contributed by atoms with Crippen LogP contribution in [0.15, 0.2) is 6.20 Å². The van der Waals surface area contributed by atoms with Crippen LogP contribution in [-0.2, 0) is 7.05 Å². The molecule has 0 aliphatic carbocycles. The lowest BCUT2D eigenvalue weighted by Gasteiger charge is -2.21. The normalized spacial score (nSPS) is 11.8. The summed E-state index contributed by atoms with van der Waals surface area (Å²) in [6.45, 7) is 8.42. The second kappa shape index (κ2) is 2.81. The van der Waals surface area contributed by atoms with Crippen molar-refractivity contribution in [2.75, 3.05) is 5.32 Å². The molecule has 0 spiro atoms. The molecule has 1 heterocycles. The molecule has 0 saturated carbocycles. The van der Waals surface area contributed by atoms with E-state index in [1.807, 2.05) is 24.9 Å². The molecule has 0 unspecified atom stereocenters. The third-order valence-electron chi connectivity index (χ3n) is 1.52. The fraction of sp³-hybridized carbons (Fsp3) is 0.667. The Morgan fingerprint density at radius 1 is 1.42 bits per heavy atom. The molecule has 3 heteroatoms. The van der Waals surface area contributed by atoms with Crippen LogP contribution in [0, 0.1) is 6.92 Å². The second-order valence-electron chi connectivity index (χ2n) is 4.18. The van der Waals surface area contributed by atoms with Crippen molar-refractivity contribution >= 4 is 5.69 Å². The molecule has 68 valence electrons. The van der Waals surface area contributed by atoms with Crippen LogP contribution in [0.3, 0.4) is 0 Å². The van der Waals surface area contributed by atoms with Gasteiger partial charge in [0, 0.05) is 18.8 Å². The highest BCUT2D eigenvalue weighted by molar-refractivity contribution is 5.47. The van der Waals surface area contributed by atoms with Crippen LogP contribution < -0.4 is 5.32 Å². The number of nitrogens with one attached hydrogen (secondary N) is 1. The van der Waals surface area contributed by atoms with Crippen molar-refractivity contribution in [1.82, 2.24) is 9.78 Å². The number of hydrogen-bond donors (Lipinski definition) is 1. The van der Waals surface area contributed by atoms with E-state index in [0.717, 1.165) is 11.4 Å². The van der Waals surface area contributed by atoms with E-state index in [4.69, 9.17) is 0 Å². The standard InChI is InChI=1S/C9H17N3/c1-7-8(6-12(5)11-7)10-9(2,3)4/h6,10H,1-5H3. The molecule has 1 aromatic heterocycles. The summed E-state index contributed by atoms with van der Waals surface area (Å²) in [7, 11) is 1.93. The third kappa shape index (κ3) is 2.26. The lowest BCUT2D eigenvalue weighted by atomic mass is 10.1. The molecule has 0 fully saturated rings. The minimum Gasteiger partial charge on any atom is -0.378 e. The summed E-state index contributed by atoms with van der Waals surface area (Å²) >= 11 is 0. The summed E-state index contributed by atoms with van der Waals surface area (Å²) in [6.07, 6.45) is 2.00. The van der Waals surface area contributed by atoms with Crippen molar-refractivity contribution < 1.29 is 0 Å². The van der Waals surface area contributed by atoms with Crippen LogP contribution in [0.1, 0.15) is 26.5 Å². The number of aryl methyl sites for hydroxylation is 2. The van der Waals surface area contributed by atoms with Crippen molar-refractivity contribution in [2.24, 2.45) is 7.05 Å². The average Bonchev–Trinajstić information content (AvgIpc) is 2.06. The van der Waals surface area contributed by atoms with Crippen molar-refractivity contribution in [3.05, 3.63) is 11.9 Å². The van der Waals surface area contributed by atoms with Gasteiger partial charge in [0.2, 0.25) is 0 Å². The molecule has 0 aliphatic heterocycles. The molecular weight excluding hydrogens is 150 g/mol. The molecule has 0 atom stereocenters. The quantitative estimate of drug-likeness (QED) is 0.692. The topological polar surface area (TPSA) is 29.9 Å². The first-order chi connectivity index (χ1) is 5.38.